The normalized spacial score (nSPS) is 12.5. The minimum atomic E-state index is -3.64. The van der Waals surface area contributed by atoms with Crippen LogP contribution >= 0.6 is 22.9 Å². The van der Waals surface area contributed by atoms with Gasteiger partial charge < -0.3 is 4.74 Å². The van der Waals surface area contributed by atoms with E-state index in [0.29, 0.717) is 15.6 Å². The molecule has 2 aromatic carbocycles. The fourth-order valence-electron chi connectivity index (χ4n) is 2.76. The third kappa shape index (κ3) is 5.22. The maximum atomic E-state index is 13.2. The number of hydrogen-bond acceptors (Lipinski definition) is 5. The number of ketones is 1. The number of halogens is 1. The van der Waals surface area contributed by atoms with E-state index >= 15 is 0 Å². The molecule has 0 bridgehead atoms. The molecule has 1 unspecified atom stereocenters. The van der Waals surface area contributed by atoms with Crippen LogP contribution in [0.5, 0.6) is 5.75 Å². The first kappa shape index (κ1) is 20.6. The Labute approximate surface area is 173 Å². The lowest BCUT2D eigenvalue weighted by Crippen LogP contribution is -2.17. The molecule has 0 saturated carbocycles. The summed E-state index contributed by atoms with van der Waals surface area (Å²) in [5, 5.41) is 1.52. The highest BCUT2D eigenvalue weighted by Gasteiger charge is 2.30. The van der Waals surface area contributed by atoms with Crippen molar-refractivity contribution in [1.82, 2.24) is 0 Å². The van der Waals surface area contributed by atoms with Crippen LogP contribution in [0.2, 0.25) is 5.02 Å². The maximum absolute atomic E-state index is 13.2. The lowest BCUT2D eigenvalue weighted by atomic mass is 10.1. The van der Waals surface area contributed by atoms with Crippen LogP contribution in [-0.2, 0) is 14.6 Å². The zero-order chi connectivity index (χ0) is 20.0. The minimum Gasteiger partial charge on any atom is -0.486 e. The predicted molar refractivity (Wildman–Crippen MR) is 112 cm³/mol. The summed E-state index contributed by atoms with van der Waals surface area (Å²) in [6.45, 7) is -0.0812. The monoisotopic (exact) mass is 434 g/mol. The van der Waals surface area contributed by atoms with Crippen LogP contribution in [0.15, 0.2) is 77.0 Å². The highest BCUT2D eigenvalue weighted by molar-refractivity contribution is 7.91. The predicted octanol–water partition coefficient (Wildman–Crippen LogP) is 5.34. The van der Waals surface area contributed by atoms with Crippen molar-refractivity contribution in [2.75, 3.05) is 6.61 Å². The van der Waals surface area contributed by atoms with Gasteiger partial charge in [0.15, 0.2) is 15.6 Å². The van der Waals surface area contributed by atoms with Gasteiger partial charge in [0, 0.05) is 16.3 Å². The molecule has 146 valence electrons. The Morgan fingerprint density at radius 3 is 2.36 bits per heavy atom. The Bertz CT molecular complexity index is 998. The van der Waals surface area contributed by atoms with Crippen molar-refractivity contribution < 1.29 is 17.9 Å². The number of rotatable bonds is 9. The molecule has 4 nitrogen and oxygen atoms in total. The van der Waals surface area contributed by atoms with Gasteiger partial charge in [0.2, 0.25) is 0 Å². The number of benzene rings is 2. The topological polar surface area (TPSA) is 60.4 Å². The van der Waals surface area contributed by atoms with E-state index < -0.39 is 15.1 Å². The second kappa shape index (κ2) is 9.37. The van der Waals surface area contributed by atoms with Crippen LogP contribution in [0.3, 0.4) is 0 Å². The summed E-state index contributed by atoms with van der Waals surface area (Å²) in [7, 11) is -3.64. The Balaban J connectivity index is 1.71. The number of carbonyl (C=O) groups is 1. The van der Waals surface area contributed by atoms with E-state index in [-0.39, 0.29) is 30.1 Å². The average molecular weight is 435 g/mol. The SMILES string of the molecule is O=C(CCC(c1cccs1)S(=O)(=O)c1ccc(Cl)cc1)COc1ccccc1. The molecule has 0 N–H and O–H groups in total. The van der Waals surface area contributed by atoms with Gasteiger partial charge in [-0.05, 0) is 54.3 Å². The zero-order valence-electron chi connectivity index (χ0n) is 15.0. The van der Waals surface area contributed by atoms with E-state index in [1.807, 2.05) is 29.6 Å². The maximum Gasteiger partial charge on any atom is 0.186 e. The van der Waals surface area contributed by atoms with Crippen LogP contribution in [-0.4, -0.2) is 20.8 Å². The number of ether oxygens (including phenoxy) is 1. The van der Waals surface area contributed by atoms with Crippen molar-refractivity contribution in [1.29, 1.82) is 0 Å². The second-order valence-electron chi connectivity index (χ2n) is 6.18. The third-order valence-electron chi connectivity index (χ3n) is 4.21. The summed E-state index contributed by atoms with van der Waals surface area (Å²) in [5.41, 5.74) is 0. The molecule has 1 heterocycles. The standard InChI is InChI=1S/C21H19ClO4S2/c22-16-8-11-19(12-9-16)28(24,25)21(20-7-4-14-27-20)13-10-17(23)15-26-18-5-2-1-3-6-18/h1-9,11-12,14,21H,10,13,15H2. The second-order valence-corrected chi connectivity index (χ2v) is 9.73. The Morgan fingerprint density at radius 2 is 1.71 bits per heavy atom. The van der Waals surface area contributed by atoms with E-state index in [9.17, 15) is 13.2 Å². The molecule has 0 fully saturated rings. The van der Waals surface area contributed by atoms with E-state index in [0.717, 1.165) is 0 Å². The molecule has 0 aliphatic heterocycles. The summed E-state index contributed by atoms with van der Waals surface area (Å²) in [6, 6.07) is 18.8. The molecule has 3 rings (SSSR count). The largest absolute Gasteiger partial charge is 0.486 e. The molecule has 0 aliphatic rings. The van der Waals surface area contributed by atoms with Crippen molar-refractivity contribution >= 4 is 38.6 Å². The molecule has 0 saturated heterocycles. The first-order chi connectivity index (χ1) is 13.5. The van der Waals surface area contributed by atoms with Crippen molar-refractivity contribution in [2.24, 2.45) is 0 Å². The number of sulfone groups is 1. The Morgan fingerprint density at radius 1 is 1.00 bits per heavy atom. The molecular formula is C21H19ClO4S2. The van der Waals surface area contributed by atoms with Crippen molar-refractivity contribution in [3.63, 3.8) is 0 Å². The van der Waals surface area contributed by atoms with Crippen molar-refractivity contribution in [3.05, 3.63) is 82.0 Å². The van der Waals surface area contributed by atoms with Crippen LogP contribution in [0.25, 0.3) is 0 Å². The van der Waals surface area contributed by atoms with Crippen molar-refractivity contribution in [2.45, 2.75) is 23.0 Å². The fraction of sp³-hybridized carbons (Fsp3) is 0.190. The van der Waals surface area contributed by atoms with E-state index in [1.54, 1.807) is 30.3 Å². The van der Waals surface area contributed by atoms with Gasteiger partial charge in [-0.25, -0.2) is 8.42 Å². The van der Waals surface area contributed by atoms with Gasteiger partial charge >= 0.3 is 0 Å². The summed E-state index contributed by atoms with van der Waals surface area (Å²) in [4.78, 5) is 13.2. The summed E-state index contributed by atoms with van der Waals surface area (Å²) < 4.78 is 31.8. The lowest BCUT2D eigenvalue weighted by molar-refractivity contribution is -0.121. The van der Waals surface area contributed by atoms with Gasteiger partial charge in [-0.3, -0.25) is 4.79 Å². The molecule has 28 heavy (non-hydrogen) atoms. The molecule has 0 aliphatic carbocycles. The molecule has 0 spiro atoms. The van der Waals surface area contributed by atoms with E-state index in [4.69, 9.17) is 16.3 Å². The van der Waals surface area contributed by atoms with E-state index in [2.05, 4.69) is 0 Å². The molecule has 0 radical (unpaired) electrons. The first-order valence-corrected chi connectivity index (χ1v) is 11.5. The molecule has 3 aromatic rings. The number of carbonyl (C=O) groups excluding carboxylic acids is 1. The number of para-hydroxylation sites is 1. The minimum absolute atomic E-state index is 0.0812. The number of thiophene rings is 1. The van der Waals surface area contributed by atoms with Gasteiger partial charge in [-0.1, -0.05) is 35.9 Å². The van der Waals surface area contributed by atoms with Crippen LogP contribution in [0, 0.1) is 0 Å². The Kier molecular flexibility index (Phi) is 6.88. The smallest absolute Gasteiger partial charge is 0.186 e. The van der Waals surface area contributed by atoms with Crippen LogP contribution in [0.4, 0.5) is 0 Å². The van der Waals surface area contributed by atoms with Crippen molar-refractivity contribution in [3.8, 4) is 5.75 Å². The molecule has 1 aromatic heterocycles. The summed E-state index contributed by atoms with van der Waals surface area (Å²) in [6.07, 6.45) is 0.310. The zero-order valence-corrected chi connectivity index (χ0v) is 17.3. The molecule has 7 heteroatoms. The van der Waals surface area contributed by atoms with Gasteiger partial charge in [0.25, 0.3) is 0 Å². The van der Waals surface area contributed by atoms with Gasteiger partial charge in [-0.2, -0.15) is 0 Å². The summed E-state index contributed by atoms with van der Waals surface area (Å²) in [5.74, 6) is 0.469. The molecule has 1 atom stereocenters. The first-order valence-electron chi connectivity index (χ1n) is 8.69. The van der Waals surface area contributed by atoms with E-state index in [1.165, 1.54) is 23.5 Å². The van der Waals surface area contributed by atoms with Gasteiger partial charge in [0.05, 0.1) is 4.90 Å². The van der Waals surface area contributed by atoms with Gasteiger partial charge in [-0.15, -0.1) is 11.3 Å². The van der Waals surface area contributed by atoms with Gasteiger partial charge in [0.1, 0.15) is 17.6 Å². The highest BCUT2D eigenvalue weighted by Crippen LogP contribution is 2.35. The number of Topliss-reactive ketones (excluding diaryl/α,β-unsaturated/α-hetero) is 1. The fourth-order valence-corrected chi connectivity index (χ4v) is 5.83. The van der Waals surface area contributed by atoms with Crippen LogP contribution < -0.4 is 4.74 Å². The number of hydrogen-bond donors (Lipinski definition) is 0. The Hall–Kier alpha value is -2.15. The average Bonchev–Trinajstić information content (AvgIpc) is 3.22. The third-order valence-corrected chi connectivity index (χ3v) is 7.76. The summed E-state index contributed by atoms with van der Waals surface area (Å²) >= 11 is 7.25. The quantitative estimate of drug-likeness (QED) is 0.455. The molecular weight excluding hydrogens is 416 g/mol. The molecule has 0 amide bonds. The van der Waals surface area contributed by atoms with Crippen LogP contribution in [0.1, 0.15) is 23.0 Å². The highest BCUT2D eigenvalue weighted by atomic mass is 35.5. The lowest BCUT2D eigenvalue weighted by Gasteiger charge is -2.16.